The van der Waals surface area contributed by atoms with E-state index in [1.54, 1.807) is 0 Å². The van der Waals surface area contributed by atoms with Gasteiger partial charge >= 0.3 is 0 Å². The van der Waals surface area contributed by atoms with Crippen molar-refractivity contribution in [1.29, 1.82) is 0 Å². The summed E-state index contributed by atoms with van der Waals surface area (Å²) in [5, 5.41) is 3.40. The van der Waals surface area contributed by atoms with Crippen molar-refractivity contribution in [2.24, 2.45) is 0 Å². The lowest BCUT2D eigenvalue weighted by molar-refractivity contribution is 0.334. The number of aryl methyl sites for hydroxylation is 1. The van der Waals surface area contributed by atoms with Gasteiger partial charge in [0.2, 0.25) is 0 Å². The fourth-order valence-corrected chi connectivity index (χ4v) is 2.09. The molecule has 2 heteroatoms. The maximum atomic E-state index is 4.38. The first-order valence-electron chi connectivity index (χ1n) is 6.35. The van der Waals surface area contributed by atoms with Crippen LogP contribution in [-0.2, 0) is 5.41 Å². The minimum absolute atomic E-state index is 0.339. The van der Waals surface area contributed by atoms with E-state index in [0.29, 0.717) is 5.41 Å². The van der Waals surface area contributed by atoms with E-state index in [1.165, 1.54) is 18.4 Å². The summed E-state index contributed by atoms with van der Waals surface area (Å²) in [5.41, 5.74) is 2.84. The van der Waals surface area contributed by atoms with E-state index >= 15 is 0 Å². The molecule has 2 nitrogen and oxygen atoms in total. The van der Waals surface area contributed by atoms with Gasteiger partial charge in [-0.1, -0.05) is 26.8 Å². The van der Waals surface area contributed by atoms with Crippen molar-refractivity contribution in [1.82, 2.24) is 10.3 Å². The normalized spacial score (nSPS) is 18.5. The molecular formula is C14H24N2. The molecule has 0 unspecified atom stereocenters. The minimum atomic E-state index is 0.339. The summed E-state index contributed by atoms with van der Waals surface area (Å²) in [6.07, 6.45) is 4.48. The Bertz CT molecular complexity index is 297. The van der Waals surface area contributed by atoms with Crippen molar-refractivity contribution < 1.29 is 0 Å². The lowest BCUT2D eigenvalue weighted by Gasteiger charge is -2.34. The van der Waals surface area contributed by atoms with E-state index in [4.69, 9.17) is 0 Å². The number of piperidine rings is 1. The zero-order valence-corrected chi connectivity index (χ0v) is 11.0. The van der Waals surface area contributed by atoms with E-state index < -0.39 is 0 Å². The molecule has 2 rings (SSSR count). The highest BCUT2D eigenvalue weighted by atomic mass is 14.9. The summed E-state index contributed by atoms with van der Waals surface area (Å²) < 4.78 is 0. The van der Waals surface area contributed by atoms with E-state index in [0.717, 1.165) is 18.8 Å². The Morgan fingerprint density at radius 1 is 1.19 bits per heavy atom. The molecule has 0 radical (unpaired) electrons. The molecule has 1 aliphatic rings. The van der Waals surface area contributed by atoms with Crippen molar-refractivity contribution in [3.8, 4) is 0 Å². The maximum absolute atomic E-state index is 4.38. The first kappa shape index (κ1) is 13.2. The molecule has 16 heavy (non-hydrogen) atoms. The summed E-state index contributed by atoms with van der Waals surface area (Å²) in [7, 11) is 0. The van der Waals surface area contributed by atoms with E-state index in [-0.39, 0.29) is 0 Å². The Balaban J connectivity index is 0.000000606. The Morgan fingerprint density at radius 3 is 2.31 bits per heavy atom. The summed E-state index contributed by atoms with van der Waals surface area (Å²) in [6.45, 7) is 10.6. The van der Waals surface area contributed by atoms with Crippen LogP contribution in [-0.4, -0.2) is 18.1 Å². The van der Waals surface area contributed by atoms with Gasteiger partial charge in [0.1, 0.15) is 0 Å². The highest BCUT2D eigenvalue weighted by molar-refractivity contribution is 5.23. The summed E-state index contributed by atoms with van der Waals surface area (Å²) >= 11 is 0. The lowest BCUT2D eigenvalue weighted by atomic mass is 9.76. The fourth-order valence-electron chi connectivity index (χ4n) is 2.09. The van der Waals surface area contributed by atoms with Crippen LogP contribution in [0.4, 0.5) is 0 Å². The van der Waals surface area contributed by atoms with Crippen molar-refractivity contribution in [3.63, 3.8) is 0 Å². The number of nitrogens with one attached hydrogen (secondary N) is 1. The molecule has 1 aromatic rings. The van der Waals surface area contributed by atoms with Gasteiger partial charge in [0.05, 0.1) is 0 Å². The average molecular weight is 220 g/mol. The Hall–Kier alpha value is -0.890. The molecule has 1 N–H and O–H groups in total. The molecule has 0 aromatic carbocycles. The van der Waals surface area contributed by atoms with Crippen molar-refractivity contribution in [3.05, 3.63) is 29.6 Å². The third kappa shape index (κ3) is 3.05. The number of hydrogen-bond donors (Lipinski definition) is 1. The number of nitrogens with zero attached hydrogens (tertiary/aromatic N) is 1. The molecule has 0 aliphatic carbocycles. The van der Waals surface area contributed by atoms with Crippen molar-refractivity contribution in [2.45, 2.75) is 46.0 Å². The summed E-state index contributed by atoms with van der Waals surface area (Å²) in [5.74, 6) is 0. The van der Waals surface area contributed by atoms with Crippen LogP contribution in [0.15, 0.2) is 18.3 Å². The molecule has 1 aliphatic heterocycles. The topological polar surface area (TPSA) is 24.9 Å². The Morgan fingerprint density at radius 2 is 1.81 bits per heavy atom. The molecule has 1 saturated heterocycles. The first-order chi connectivity index (χ1) is 7.71. The van der Waals surface area contributed by atoms with Gasteiger partial charge in [-0.2, -0.15) is 0 Å². The quantitative estimate of drug-likeness (QED) is 0.787. The number of hydrogen-bond acceptors (Lipinski definition) is 2. The van der Waals surface area contributed by atoms with Crippen molar-refractivity contribution in [2.75, 3.05) is 13.1 Å². The van der Waals surface area contributed by atoms with Crippen LogP contribution in [0.5, 0.6) is 0 Å². The van der Waals surface area contributed by atoms with Crippen LogP contribution < -0.4 is 5.32 Å². The average Bonchev–Trinajstić information content (AvgIpc) is 2.33. The SMILES string of the molecule is CC.Cc1ccc(C2(C)CCNCC2)cn1. The van der Waals surface area contributed by atoms with Crippen LogP contribution >= 0.6 is 0 Å². The van der Waals surface area contributed by atoms with Crippen LogP contribution in [0.2, 0.25) is 0 Å². The Labute approximate surface area is 99.5 Å². The number of pyridine rings is 1. The predicted molar refractivity (Wildman–Crippen MR) is 69.8 cm³/mol. The molecule has 0 bridgehead atoms. The second kappa shape index (κ2) is 6.00. The molecule has 0 atom stereocenters. The first-order valence-corrected chi connectivity index (χ1v) is 6.35. The second-order valence-electron chi connectivity index (χ2n) is 4.50. The van der Waals surface area contributed by atoms with Crippen LogP contribution in [0, 0.1) is 6.92 Å². The highest BCUT2D eigenvalue weighted by Crippen LogP contribution is 2.32. The molecule has 1 fully saturated rings. The van der Waals surface area contributed by atoms with E-state index in [1.807, 2.05) is 27.0 Å². The second-order valence-corrected chi connectivity index (χ2v) is 4.50. The summed E-state index contributed by atoms with van der Waals surface area (Å²) in [4.78, 5) is 4.38. The van der Waals surface area contributed by atoms with Gasteiger partial charge in [-0.05, 0) is 49.9 Å². The molecule has 0 amide bonds. The monoisotopic (exact) mass is 220 g/mol. The molecule has 0 saturated carbocycles. The smallest absolute Gasteiger partial charge is 0.0372 e. The zero-order valence-electron chi connectivity index (χ0n) is 11.0. The van der Waals surface area contributed by atoms with Crippen LogP contribution in [0.1, 0.15) is 44.9 Å². The lowest BCUT2D eigenvalue weighted by Crippen LogP contribution is -2.37. The van der Waals surface area contributed by atoms with E-state index in [2.05, 4.69) is 29.4 Å². The molecule has 90 valence electrons. The number of aromatic nitrogens is 1. The molecule has 0 spiro atoms. The van der Waals surface area contributed by atoms with Gasteiger partial charge in [0, 0.05) is 11.9 Å². The highest BCUT2D eigenvalue weighted by Gasteiger charge is 2.28. The molecule has 2 heterocycles. The fraction of sp³-hybridized carbons (Fsp3) is 0.643. The zero-order chi connectivity index (χ0) is 12.0. The van der Waals surface area contributed by atoms with Gasteiger partial charge < -0.3 is 5.32 Å². The molecular weight excluding hydrogens is 196 g/mol. The van der Waals surface area contributed by atoms with Gasteiger partial charge in [0.15, 0.2) is 0 Å². The Kier molecular flexibility index (Phi) is 4.94. The maximum Gasteiger partial charge on any atom is 0.0372 e. The minimum Gasteiger partial charge on any atom is -0.317 e. The van der Waals surface area contributed by atoms with Gasteiger partial charge in [-0.3, -0.25) is 4.98 Å². The molecule has 1 aromatic heterocycles. The largest absolute Gasteiger partial charge is 0.317 e. The van der Waals surface area contributed by atoms with E-state index in [9.17, 15) is 0 Å². The standard InChI is InChI=1S/C12H18N2.C2H6/c1-10-3-4-11(9-14-10)12(2)5-7-13-8-6-12;1-2/h3-4,9,13H,5-8H2,1-2H3;1-2H3. The van der Waals surface area contributed by atoms with Gasteiger partial charge in [-0.25, -0.2) is 0 Å². The van der Waals surface area contributed by atoms with Crippen LogP contribution in [0.25, 0.3) is 0 Å². The number of rotatable bonds is 1. The van der Waals surface area contributed by atoms with Crippen LogP contribution in [0.3, 0.4) is 0 Å². The van der Waals surface area contributed by atoms with Crippen molar-refractivity contribution >= 4 is 0 Å². The van der Waals surface area contributed by atoms with Gasteiger partial charge in [0.25, 0.3) is 0 Å². The van der Waals surface area contributed by atoms with Gasteiger partial charge in [-0.15, -0.1) is 0 Å². The predicted octanol–water partition coefficient (Wildman–Crippen LogP) is 3.06. The summed E-state index contributed by atoms with van der Waals surface area (Å²) in [6, 6.07) is 4.34. The third-order valence-electron chi connectivity index (χ3n) is 3.32. The third-order valence-corrected chi connectivity index (χ3v) is 3.32.